The van der Waals surface area contributed by atoms with Crippen molar-refractivity contribution >= 4 is 15.9 Å². The summed E-state index contributed by atoms with van der Waals surface area (Å²) in [6.45, 7) is 2.14. The first kappa shape index (κ1) is 14.2. The summed E-state index contributed by atoms with van der Waals surface area (Å²) in [6.07, 6.45) is 1.40. The van der Waals surface area contributed by atoms with Crippen LogP contribution < -0.4 is 0 Å². The van der Waals surface area contributed by atoms with Gasteiger partial charge in [-0.2, -0.15) is 0 Å². The second kappa shape index (κ2) is 6.31. The summed E-state index contributed by atoms with van der Waals surface area (Å²) >= 11 is 3.28. The fraction of sp³-hybridized carbons (Fsp3) is 0.250. The van der Waals surface area contributed by atoms with Gasteiger partial charge in [-0.25, -0.2) is 4.39 Å². The lowest BCUT2D eigenvalue weighted by Gasteiger charge is -2.14. The van der Waals surface area contributed by atoms with Gasteiger partial charge in [0.15, 0.2) is 0 Å². The van der Waals surface area contributed by atoms with Crippen molar-refractivity contribution in [2.24, 2.45) is 0 Å². The zero-order valence-electron chi connectivity index (χ0n) is 10.7. The molecule has 0 amide bonds. The maximum atomic E-state index is 13.0. The van der Waals surface area contributed by atoms with Crippen molar-refractivity contribution in [1.29, 1.82) is 0 Å². The highest BCUT2D eigenvalue weighted by Crippen LogP contribution is 2.29. The molecule has 100 valence electrons. The van der Waals surface area contributed by atoms with E-state index in [9.17, 15) is 9.50 Å². The van der Waals surface area contributed by atoms with Crippen molar-refractivity contribution in [3.63, 3.8) is 0 Å². The molecule has 0 radical (unpaired) electrons. The average Bonchev–Trinajstić information content (AvgIpc) is 2.39. The maximum absolute atomic E-state index is 13.0. The first-order valence-corrected chi connectivity index (χ1v) is 7.13. The lowest BCUT2D eigenvalue weighted by Crippen LogP contribution is -2.01. The number of rotatable bonds is 4. The first-order chi connectivity index (χ1) is 9.11. The van der Waals surface area contributed by atoms with Gasteiger partial charge in [0.05, 0.1) is 0 Å². The molecule has 3 heteroatoms. The summed E-state index contributed by atoms with van der Waals surface area (Å²) in [5.74, 6) is -0.318. The van der Waals surface area contributed by atoms with Crippen LogP contribution in [-0.4, -0.2) is 5.11 Å². The van der Waals surface area contributed by atoms with E-state index >= 15 is 0 Å². The summed E-state index contributed by atoms with van der Waals surface area (Å²) in [7, 11) is 0. The molecule has 0 fully saturated rings. The highest BCUT2D eigenvalue weighted by molar-refractivity contribution is 9.10. The summed E-state index contributed by atoms with van der Waals surface area (Å²) in [5, 5.41) is 10.3. The van der Waals surface area contributed by atoms with Crippen LogP contribution in [0.3, 0.4) is 0 Å². The molecule has 2 aromatic rings. The molecule has 0 spiro atoms. The van der Waals surface area contributed by atoms with E-state index < -0.39 is 6.10 Å². The quantitative estimate of drug-likeness (QED) is 0.870. The molecule has 0 saturated heterocycles. The van der Waals surface area contributed by atoms with Crippen LogP contribution in [0.1, 0.15) is 36.1 Å². The van der Waals surface area contributed by atoms with E-state index in [0.717, 1.165) is 18.4 Å². The Bertz CT molecular complexity index is 551. The number of aliphatic hydroxyl groups excluding tert-OH is 1. The molecule has 0 aliphatic rings. The highest BCUT2D eigenvalue weighted by Gasteiger charge is 2.14. The third kappa shape index (κ3) is 3.43. The highest BCUT2D eigenvalue weighted by atomic mass is 79.9. The molecular formula is C16H16BrFO. The average molecular weight is 323 g/mol. The van der Waals surface area contributed by atoms with Crippen LogP contribution in [0, 0.1) is 5.82 Å². The first-order valence-electron chi connectivity index (χ1n) is 6.33. The molecule has 0 saturated carbocycles. The van der Waals surface area contributed by atoms with E-state index in [4.69, 9.17) is 0 Å². The van der Waals surface area contributed by atoms with Crippen LogP contribution in [0.15, 0.2) is 46.9 Å². The monoisotopic (exact) mass is 322 g/mol. The minimum absolute atomic E-state index is 0.318. The SMILES string of the molecule is CCCc1ccc(C(O)c2ccc(F)cc2Br)cc1. The van der Waals surface area contributed by atoms with Crippen molar-refractivity contribution in [2.45, 2.75) is 25.9 Å². The van der Waals surface area contributed by atoms with Gasteiger partial charge in [0.1, 0.15) is 11.9 Å². The van der Waals surface area contributed by atoms with Gasteiger partial charge in [0, 0.05) is 4.47 Å². The number of hydrogen-bond acceptors (Lipinski definition) is 1. The van der Waals surface area contributed by atoms with Crippen LogP contribution in [0.25, 0.3) is 0 Å². The Morgan fingerprint density at radius 3 is 2.42 bits per heavy atom. The molecule has 0 aliphatic carbocycles. The Labute approximate surface area is 121 Å². The van der Waals surface area contributed by atoms with Gasteiger partial charge in [-0.1, -0.05) is 59.6 Å². The van der Waals surface area contributed by atoms with Gasteiger partial charge in [0.2, 0.25) is 0 Å². The number of benzene rings is 2. The molecule has 1 atom stereocenters. The Morgan fingerprint density at radius 2 is 1.84 bits per heavy atom. The second-order valence-corrected chi connectivity index (χ2v) is 5.41. The van der Waals surface area contributed by atoms with Gasteiger partial charge in [-0.3, -0.25) is 0 Å². The largest absolute Gasteiger partial charge is 0.384 e. The lowest BCUT2D eigenvalue weighted by atomic mass is 9.99. The summed E-state index contributed by atoms with van der Waals surface area (Å²) in [6, 6.07) is 12.2. The third-order valence-electron chi connectivity index (χ3n) is 3.09. The number of aryl methyl sites for hydroxylation is 1. The molecule has 2 rings (SSSR count). The van der Waals surface area contributed by atoms with Crippen molar-refractivity contribution in [3.05, 3.63) is 69.4 Å². The third-order valence-corrected chi connectivity index (χ3v) is 3.78. The van der Waals surface area contributed by atoms with Crippen molar-refractivity contribution < 1.29 is 9.50 Å². The molecule has 1 N–H and O–H groups in total. The normalized spacial score (nSPS) is 12.4. The van der Waals surface area contributed by atoms with Gasteiger partial charge >= 0.3 is 0 Å². The minimum Gasteiger partial charge on any atom is -0.384 e. The van der Waals surface area contributed by atoms with Crippen LogP contribution in [0.4, 0.5) is 4.39 Å². The predicted octanol–water partition coefficient (Wildman–Crippen LogP) is 4.62. The Morgan fingerprint density at radius 1 is 1.16 bits per heavy atom. The van der Waals surface area contributed by atoms with E-state index in [-0.39, 0.29) is 5.82 Å². The van der Waals surface area contributed by atoms with Crippen LogP contribution in [0.2, 0.25) is 0 Å². The van der Waals surface area contributed by atoms with E-state index in [1.165, 1.54) is 17.7 Å². The van der Waals surface area contributed by atoms with Gasteiger partial charge in [0.25, 0.3) is 0 Å². The molecule has 2 aromatic carbocycles. The van der Waals surface area contributed by atoms with Crippen molar-refractivity contribution in [1.82, 2.24) is 0 Å². The van der Waals surface area contributed by atoms with E-state index in [0.29, 0.717) is 10.0 Å². The maximum Gasteiger partial charge on any atom is 0.124 e. The van der Waals surface area contributed by atoms with Gasteiger partial charge < -0.3 is 5.11 Å². The Kier molecular flexibility index (Phi) is 4.72. The van der Waals surface area contributed by atoms with Gasteiger partial charge in [-0.15, -0.1) is 0 Å². The zero-order chi connectivity index (χ0) is 13.8. The van der Waals surface area contributed by atoms with Crippen molar-refractivity contribution in [3.8, 4) is 0 Å². The topological polar surface area (TPSA) is 20.2 Å². The Balaban J connectivity index is 2.25. The number of aliphatic hydroxyl groups is 1. The molecular weight excluding hydrogens is 307 g/mol. The van der Waals surface area contributed by atoms with Crippen LogP contribution >= 0.6 is 15.9 Å². The lowest BCUT2D eigenvalue weighted by molar-refractivity contribution is 0.219. The van der Waals surface area contributed by atoms with Crippen LogP contribution in [0.5, 0.6) is 0 Å². The second-order valence-electron chi connectivity index (χ2n) is 4.56. The van der Waals surface area contributed by atoms with Crippen molar-refractivity contribution in [2.75, 3.05) is 0 Å². The van der Waals surface area contributed by atoms with Gasteiger partial charge in [-0.05, 0) is 35.2 Å². The van der Waals surface area contributed by atoms with E-state index in [1.54, 1.807) is 6.07 Å². The van der Waals surface area contributed by atoms with E-state index in [2.05, 4.69) is 22.9 Å². The Hall–Kier alpha value is -1.19. The zero-order valence-corrected chi connectivity index (χ0v) is 12.3. The van der Waals surface area contributed by atoms with E-state index in [1.807, 2.05) is 24.3 Å². The molecule has 0 heterocycles. The predicted molar refractivity (Wildman–Crippen MR) is 78.6 cm³/mol. The standard InChI is InChI=1S/C16H16BrFO/c1-2-3-11-4-6-12(7-5-11)16(19)14-9-8-13(18)10-15(14)17/h4-10,16,19H,2-3H2,1H3. The molecule has 1 unspecified atom stereocenters. The van der Waals surface area contributed by atoms with Crippen LogP contribution in [-0.2, 0) is 6.42 Å². The molecule has 19 heavy (non-hydrogen) atoms. The molecule has 0 bridgehead atoms. The number of halogens is 2. The fourth-order valence-corrected chi connectivity index (χ4v) is 2.63. The summed E-state index contributed by atoms with van der Waals surface area (Å²) in [4.78, 5) is 0. The number of hydrogen-bond donors (Lipinski definition) is 1. The molecule has 0 aliphatic heterocycles. The summed E-state index contributed by atoms with van der Waals surface area (Å²) in [5.41, 5.74) is 2.74. The fourth-order valence-electron chi connectivity index (χ4n) is 2.06. The molecule has 1 nitrogen and oxygen atoms in total. The minimum atomic E-state index is -0.745. The smallest absolute Gasteiger partial charge is 0.124 e. The summed E-state index contributed by atoms with van der Waals surface area (Å²) < 4.78 is 13.6. The molecule has 0 aromatic heterocycles.